The van der Waals surface area contributed by atoms with Gasteiger partial charge in [-0.15, -0.1) is 0 Å². The fraction of sp³-hybridized carbons (Fsp3) is 0.412. The Kier molecular flexibility index (Phi) is 5.33. The van der Waals surface area contributed by atoms with Crippen LogP contribution in [0.5, 0.6) is 11.6 Å². The quantitative estimate of drug-likeness (QED) is 0.771. The van der Waals surface area contributed by atoms with Crippen LogP contribution in [0.3, 0.4) is 0 Å². The maximum atomic E-state index is 12.4. The van der Waals surface area contributed by atoms with Gasteiger partial charge in [-0.25, -0.2) is 4.98 Å². The minimum absolute atomic E-state index is 0.0243. The standard InChI is InChI=1S/C17H19ClN4O3/c18-11-7-4-8-19-12(11)15-21-13(14(23)17(25)22-15)16(24)20-9-10-5-2-1-3-6-10/h4,7-8,10,23H,1-3,5-6,9H2,(H,20,24)(H,21,22,25). The first-order valence-electron chi connectivity index (χ1n) is 8.25. The fourth-order valence-corrected chi connectivity index (χ4v) is 3.18. The first kappa shape index (κ1) is 17.4. The summed E-state index contributed by atoms with van der Waals surface area (Å²) in [7, 11) is 0. The van der Waals surface area contributed by atoms with Gasteiger partial charge >= 0.3 is 0 Å². The SMILES string of the molecule is O=C(NCC1CCCCC1)c1nc(-c2ncccc2Cl)nc(O)c1O. The number of nitrogens with one attached hydrogen (secondary N) is 1. The molecule has 0 radical (unpaired) electrons. The molecule has 0 saturated heterocycles. The minimum Gasteiger partial charge on any atom is -0.501 e. The number of hydrogen-bond acceptors (Lipinski definition) is 6. The van der Waals surface area contributed by atoms with E-state index in [0.29, 0.717) is 12.5 Å². The molecule has 3 rings (SSSR count). The summed E-state index contributed by atoms with van der Waals surface area (Å²) in [5.41, 5.74) is -0.0687. The average molecular weight is 363 g/mol. The lowest BCUT2D eigenvalue weighted by atomic mass is 9.89. The van der Waals surface area contributed by atoms with Crippen molar-refractivity contribution < 1.29 is 15.0 Å². The zero-order valence-electron chi connectivity index (χ0n) is 13.6. The third kappa shape index (κ3) is 3.99. The summed E-state index contributed by atoms with van der Waals surface area (Å²) in [5, 5.41) is 22.9. The monoisotopic (exact) mass is 362 g/mol. The molecule has 1 amide bonds. The van der Waals surface area contributed by atoms with Crippen molar-refractivity contribution in [2.75, 3.05) is 6.54 Å². The highest BCUT2D eigenvalue weighted by Gasteiger charge is 2.22. The van der Waals surface area contributed by atoms with E-state index in [1.54, 1.807) is 12.1 Å². The van der Waals surface area contributed by atoms with Crippen molar-refractivity contribution in [2.24, 2.45) is 5.92 Å². The van der Waals surface area contributed by atoms with E-state index in [-0.39, 0.29) is 22.2 Å². The van der Waals surface area contributed by atoms with E-state index in [0.717, 1.165) is 12.8 Å². The molecule has 1 aliphatic rings. The molecule has 8 heteroatoms. The van der Waals surface area contributed by atoms with Crippen LogP contribution < -0.4 is 5.32 Å². The molecule has 0 unspecified atom stereocenters. The predicted octanol–water partition coefficient (Wildman–Crippen LogP) is 2.91. The van der Waals surface area contributed by atoms with Crippen LogP contribution in [0.4, 0.5) is 0 Å². The number of aromatic nitrogens is 3. The van der Waals surface area contributed by atoms with Crippen LogP contribution in [0.2, 0.25) is 5.02 Å². The van der Waals surface area contributed by atoms with Crippen molar-refractivity contribution in [3.05, 3.63) is 29.0 Å². The van der Waals surface area contributed by atoms with E-state index in [4.69, 9.17) is 11.6 Å². The summed E-state index contributed by atoms with van der Waals surface area (Å²) in [6.07, 6.45) is 7.23. The number of nitrogens with zero attached hydrogens (tertiary/aromatic N) is 3. The van der Waals surface area contributed by atoms with Gasteiger partial charge in [0.1, 0.15) is 5.69 Å². The second-order valence-corrected chi connectivity index (χ2v) is 6.52. The largest absolute Gasteiger partial charge is 0.501 e. The molecule has 2 aromatic rings. The summed E-state index contributed by atoms with van der Waals surface area (Å²) >= 11 is 6.06. The van der Waals surface area contributed by atoms with E-state index < -0.39 is 17.5 Å². The van der Waals surface area contributed by atoms with Crippen LogP contribution in [0.15, 0.2) is 18.3 Å². The summed E-state index contributed by atoms with van der Waals surface area (Å²) < 4.78 is 0. The summed E-state index contributed by atoms with van der Waals surface area (Å²) in [5.74, 6) is -1.50. The minimum atomic E-state index is -0.686. The lowest BCUT2D eigenvalue weighted by Crippen LogP contribution is -2.31. The van der Waals surface area contributed by atoms with E-state index in [1.807, 2.05) is 0 Å². The molecule has 0 aliphatic heterocycles. The van der Waals surface area contributed by atoms with Gasteiger partial charge in [0.15, 0.2) is 11.5 Å². The topological polar surface area (TPSA) is 108 Å². The molecule has 0 aromatic carbocycles. The zero-order valence-corrected chi connectivity index (χ0v) is 14.3. The van der Waals surface area contributed by atoms with Crippen LogP contribution in [-0.2, 0) is 0 Å². The number of pyridine rings is 1. The molecule has 2 heterocycles. The summed E-state index contributed by atoms with van der Waals surface area (Å²) in [6, 6.07) is 3.24. The first-order chi connectivity index (χ1) is 12.1. The Balaban J connectivity index is 1.82. The Morgan fingerprint density at radius 3 is 2.72 bits per heavy atom. The molecule has 0 bridgehead atoms. The van der Waals surface area contributed by atoms with Crippen molar-refractivity contribution in [1.29, 1.82) is 0 Å². The van der Waals surface area contributed by atoms with E-state index >= 15 is 0 Å². The Morgan fingerprint density at radius 1 is 1.24 bits per heavy atom. The predicted molar refractivity (Wildman–Crippen MR) is 92.5 cm³/mol. The second-order valence-electron chi connectivity index (χ2n) is 6.12. The van der Waals surface area contributed by atoms with Gasteiger partial charge in [-0.3, -0.25) is 9.78 Å². The normalized spacial score (nSPS) is 15.1. The van der Waals surface area contributed by atoms with Gasteiger partial charge < -0.3 is 15.5 Å². The van der Waals surface area contributed by atoms with E-state index in [9.17, 15) is 15.0 Å². The van der Waals surface area contributed by atoms with E-state index in [1.165, 1.54) is 25.5 Å². The molecule has 1 aliphatic carbocycles. The molecular weight excluding hydrogens is 344 g/mol. The Hall–Kier alpha value is -2.41. The van der Waals surface area contributed by atoms with Crippen LogP contribution in [0.1, 0.15) is 42.6 Å². The molecule has 1 saturated carbocycles. The Bertz CT molecular complexity index is 778. The lowest BCUT2D eigenvalue weighted by Gasteiger charge is -2.21. The first-order valence-corrected chi connectivity index (χ1v) is 8.63. The number of halogens is 1. The molecular formula is C17H19ClN4O3. The molecule has 3 N–H and O–H groups in total. The van der Waals surface area contributed by atoms with Crippen molar-refractivity contribution >= 4 is 17.5 Å². The number of rotatable bonds is 4. The zero-order chi connectivity index (χ0) is 17.8. The number of hydrogen-bond donors (Lipinski definition) is 3. The van der Waals surface area contributed by atoms with Gasteiger partial charge in [0, 0.05) is 12.7 Å². The third-order valence-corrected chi connectivity index (χ3v) is 4.63. The van der Waals surface area contributed by atoms with Gasteiger partial charge in [-0.2, -0.15) is 4.98 Å². The second kappa shape index (κ2) is 7.65. The van der Waals surface area contributed by atoms with Gasteiger partial charge in [0.2, 0.25) is 5.75 Å². The number of aromatic hydroxyl groups is 2. The van der Waals surface area contributed by atoms with Gasteiger partial charge in [-0.1, -0.05) is 30.9 Å². The highest BCUT2D eigenvalue weighted by molar-refractivity contribution is 6.32. The molecule has 0 atom stereocenters. The van der Waals surface area contributed by atoms with E-state index in [2.05, 4.69) is 20.3 Å². The Labute approximate surface area is 150 Å². The maximum absolute atomic E-state index is 12.4. The van der Waals surface area contributed by atoms with Crippen LogP contribution in [0, 0.1) is 5.92 Å². The van der Waals surface area contributed by atoms with Crippen LogP contribution in [0.25, 0.3) is 11.5 Å². The number of carbonyl (C=O) groups excluding carboxylic acids is 1. The molecule has 7 nitrogen and oxygen atoms in total. The molecule has 2 aromatic heterocycles. The van der Waals surface area contributed by atoms with Crippen molar-refractivity contribution in [3.63, 3.8) is 0 Å². The highest BCUT2D eigenvalue weighted by atomic mass is 35.5. The maximum Gasteiger partial charge on any atom is 0.274 e. The third-order valence-electron chi connectivity index (χ3n) is 4.33. The smallest absolute Gasteiger partial charge is 0.274 e. The van der Waals surface area contributed by atoms with Crippen molar-refractivity contribution in [2.45, 2.75) is 32.1 Å². The Morgan fingerprint density at radius 2 is 2.00 bits per heavy atom. The highest BCUT2D eigenvalue weighted by Crippen LogP contribution is 2.30. The van der Waals surface area contributed by atoms with Crippen LogP contribution >= 0.6 is 11.6 Å². The van der Waals surface area contributed by atoms with Gasteiger partial charge in [-0.05, 0) is 30.9 Å². The fourth-order valence-electron chi connectivity index (χ4n) is 2.97. The lowest BCUT2D eigenvalue weighted by molar-refractivity contribution is 0.0934. The van der Waals surface area contributed by atoms with Crippen LogP contribution in [-0.4, -0.2) is 37.6 Å². The van der Waals surface area contributed by atoms with Gasteiger partial charge in [0.25, 0.3) is 11.8 Å². The number of amides is 1. The summed E-state index contributed by atoms with van der Waals surface area (Å²) in [4.78, 5) is 24.3. The number of carbonyl (C=O) groups is 1. The molecule has 132 valence electrons. The molecule has 0 spiro atoms. The summed E-state index contributed by atoms with van der Waals surface area (Å²) in [6.45, 7) is 0.517. The average Bonchev–Trinajstić information content (AvgIpc) is 2.63. The molecule has 25 heavy (non-hydrogen) atoms. The van der Waals surface area contributed by atoms with Crippen molar-refractivity contribution in [1.82, 2.24) is 20.3 Å². The molecule has 1 fully saturated rings. The van der Waals surface area contributed by atoms with Gasteiger partial charge in [0.05, 0.1) is 5.02 Å². The van der Waals surface area contributed by atoms with Crippen molar-refractivity contribution in [3.8, 4) is 23.1 Å².